The molecule has 2 fully saturated rings. The maximum absolute atomic E-state index is 11.1. The molecular formula is C8H11NO2. The summed E-state index contributed by atoms with van der Waals surface area (Å²) in [5.74, 6) is 0.362. The predicted octanol–water partition coefficient (Wildman–Crippen LogP) is 0.196. The Morgan fingerprint density at radius 1 is 1.45 bits per heavy atom. The zero-order valence-electron chi connectivity index (χ0n) is 6.32. The van der Waals surface area contributed by atoms with Crippen molar-refractivity contribution in [3.63, 3.8) is 0 Å². The van der Waals surface area contributed by atoms with Crippen molar-refractivity contribution in [2.24, 2.45) is 5.92 Å². The summed E-state index contributed by atoms with van der Waals surface area (Å²) in [6.07, 6.45) is 3.42. The molecule has 0 aromatic heterocycles. The van der Waals surface area contributed by atoms with Gasteiger partial charge in [-0.15, -0.1) is 0 Å². The Kier molecular flexibility index (Phi) is 1.44. The van der Waals surface area contributed by atoms with Gasteiger partial charge in [0.05, 0.1) is 0 Å². The molecule has 0 spiro atoms. The lowest BCUT2D eigenvalue weighted by molar-refractivity contribution is -0.128. The maximum Gasteiger partial charge on any atom is 0.222 e. The molecule has 60 valence electrons. The highest BCUT2D eigenvalue weighted by Crippen LogP contribution is 2.31. The minimum atomic E-state index is 0.126. The fourth-order valence-corrected chi connectivity index (χ4v) is 2.13. The fraction of sp³-hybridized carbons (Fsp3) is 0.750. The molecule has 3 heteroatoms. The van der Waals surface area contributed by atoms with E-state index in [1.807, 2.05) is 4.90 Å². The minimum Gasteiger partial charge on any atom is -0.339 e. The predicted molar refractivity (Wildman–Crippen MR) is 38.9 cm³/mol. The molecule has 2 saturated heterocycles. The van der Waals surface area contributed by atoms with Crippen LogP contribution in [-0.4, -0.2) is 29.7 Å². The Balaban J connectivity index is 2.15. The molecule has 0 aromatic carbocycles. The van der Waals surface area contributed by atoms with Crippen LogP contribution in [0.2, 0.25) is 0 Å². The van der Waals surface area contributed by atoms with E-state index in [2.05, 4.69) is 0 Å². The largest absolute Gasteiger partial charge is 0.339 e. The number of carbonyl (C=O) groups is 2. The van der Waals surface area contributed by atoms with Gasteiger partial charge in [0.15, 0.2) is 0 Å². The first kappa shape index (κ1) is 6.83. The Bertz CT molecular complexity index is 202. The van der Waals surface area contributed by atoms with E-state index >= 15 is 0 Å². The third-order valence-corrected chi connectivity index (χ3v) is 2.75. The molecule has 0 saturated carbocycles. The van der Waals surface area contributed by atoms with E-state index in [0.717, 1.165) is 25.7 Å². The molecule has 0 unspecified atom stereocenters. The van der Waals surface area contributed by atoms with E-state index in [9.17, 15) is 9.59 Å². The second-order valence-corrected chi connectivity index (χ2v) is 3.28. The molecule has 0 aliphatic carbocycles. The third kappa shape index (κ3) is 0.870. The Labute approximate surface area is 65.4 Å². The average Bonchev–Trinajstić information content (AvgIpc) is 2.53. The van der Waals surface area contributed by atoms with Crippen LogP contribution in [0.25, 0.3) is 0 Å². The van der Waals surface area contributed by atoms with E-state index in [0.29, 0.717) is 6.42 Å². The van der Waals surface area contributed by atoms with Crippen LogP contribution >= 0.6 is 0 Å². The van der Waals surface area contributed by atoms with Gasteiger partial charge in [0.1, 0.15) is 6.29 Å². The van der Waals surface area contributed by atoms with Gasteiger partial charge in [0.25, 0.3) is 0 Å². The number of aldehydes is 1. The molecule has 0 radical (unpaired) electrons. The lowest BCUT2D eigenvalue weighted by atomic mass is 10.0. The first-order valence-corrected chi connectivity index (χ1v) is 4.07. The first-order chi connectivity index (χ1) is 5.33. The van der Waals surface area contributed by atoms with Gasteiger partial charge >= 0.3 is 0 Å². The molecule has 3 nitrogen and oxygen atoms in total. The van der Waals surface area contributed by atoms with Crippen molar-refractivity contribution in [2.45, 2.75) is 25.3 Å². The van der Waals surface area contributed by atoms with Crippen LogP contribution in [0.1, 0.15) is 19.3 Å². The molecule has 0 N–H and O–H groups in total. The van der Waals surface area contributed by atoms with Gasteiger partial charge in [-0.3, -0.25) is 4.79 Å². The highest BCUT2D eigenvalue weighted by Gasteiger charge is 2.40. The number of rotatable bonds is 1. The first-order valence-electron chi connectivity index (χ1n) is 4.07. The van der Waals surface area contributed by atoms with E-state index in [1.165, 1.54) is 0 Å². The number of hydrogen-bond acceptors (Lipinski definition) is 2. The maximum atomic E-state index is 11.1. The number of hydrogen-bond donors (Lipinski definition) is 0. The van der Waals surface area contributed by atoms with Crippen LogP contribution in [0.15, 0.2) is 0 Å². The minimum absolute atomic E-state index is 0.126. The van der Waals surface area contributed by atoms with Crippen LogP contribution in [0, 0.1) is 5.92 Å². The topological polar surface area (TPSA) is 37.4 Å². The monoisotopic (exact) mass is 153 g/mol. The number of fused-ring (bicyclic) bond motifs is 1. The summed E-state index contributed by atoms with van der Waals surface area (Å²) in [5, 5.41) is 0. The second kappa shape index (κ2) is 2.32. The van der Waals surface area contributed by atoms with Crippen molar-refractivity contribution in [3.8, 4) is 0 Å². The van der Waals surface area contributed by atoms with Crippen molar-refractivity contribution in [2.75, 3.05) is 6.54 Å². The second-order valence-electron chi connectivity index (χ2n) is 3.28. The summed E-state index contributed by atoms with van der Waals surface area (Å²) in [4.78, 5) is 23.5. The normalized spacial score (nSPS) is 36.0. The van der Waals surface area contributed by atoms with E-state index in [-0.39, 0.29) is 17.9 Å². The standard InChI is InChI=1S/C8H11NO2/c10-5-6-3-4-9-7(6)1-2-8(9)11/h5-7H,1-4H2/t6-,7+/m1/s1. The summed E-state index contributed by atoms with van der Waals surface area (Å²) >= 11 is 0. The van der Waals surface area contributed by atoms with Gasteiger partial charge in [0.2, 0.25) is 5.91 Å². The smallest absolute Gasteiger partial charge is 0.222 e. The summed E-state index contributed by atoms with van der Waals surface area (Å²) in [7, 11) is 0. The zero-order chi connectivity index (χ0) is 7.84. The summed E-state index contributed by atoms with van der Waals surface area (Å²) in [6.45, 7) is 0.799. The highest BCUT2D eigenvalue weighted by atomic mass is 16.2. The Hall–Kier alpha value is -0.860. The van der Waals surface area contributed by atoms with Crippen molar-refractivity contribution >= 4 is 12.2 Å². The summed E-state index contributed by atoms with van der Waals surface area (Å²) in [5.41, 5.74) is 0. The van der Waals surface area contributed by atoms with E-state index in [1.54, 1.807) is 0 Å². The molecular weight excluding hydrogens is 142 g/mol. The van der Waals surface area contributed by atoms with Crippen molar-refractivity contribution < 1.29 is 9.59 Å². The Morgan fingerprint density at radius 2 is 2.27 bits per heavy atom. The van der Waals surface area contributed by atoms with E-state index < -0.39 is 0 Å². The lowest BCUT2D eigenvalue weighted by Gasteiger charge is -2.15. The highest BCUT2D eigenvalue weighted by molar-refractivity contribution is 5.80. The van der Waals surface area contributed by atoms with Gasteiger partial charge in [-0.1, -0.05) is 0 Å². The average molecular weight is 153 g/mol. The zero-order valence-corrected chi connectivity index (χ0v) is 6.32. The molecule has 0 bridgehead atoms. The van der Waals surface area contributed by atoms with Gasteiger partial charge in [-0.2, -0.15) is 0 Å². The van der Waals surface area contributed by atoms with Gasteiger partial charge in [0, 0.05) is 24.9 Å². The van der Waals surface area contributed by atoms with Gasteiger partial charge < -0.3 is 9.69 Å². The van der Waals surface area contributed by atoms with Crippen molar-refractivity contribution in [3.05, 3.63) is 0 Å². The molecule has 2 aliphatic heterocycles. The van der Waals surface area contributed by atoms with Crippen LogP contribution in [0.5, 0.6) is 0 Å². The quantitative estimate of drug-likeness (QED) is 0.504. The van der Waals surface area contributed by atoms with Crippen molar-refractivity contribution in [1.82, 2.24) is 4.90 Å². The fourth-order valence-electron chi connectivity index (χ4n) is 2.13. The molecule has 2 atom stereocenters. The number of carbonyl (C=O) groups excluding carboxylic acids is 2. The molecule has 2 rings (SSSR count). The molecule has 2 aliphatic rings. The van der Waals surface area contributed by atoms with Crippen molar-refractivity contribution in [1.29, 1.82) is 0 Å². The van der Waals surface area contributed by atoms with E-state index in [4.69, 9.17) is 0 Å². The SMILES string of the molecule is O=C[C@H]1CCN2C(=O)CC[C@@H]12. The molecule has 1 amide bonds. The van der Waals surface area contributed by atoms with Crippen LogP contribution in [0.4, 0.5) is 0 Å². The lowest BCUT2D eigenvalue weighted by Crippen LogP contribution is -2.29. The van der Waals surface area contributed by atoms with Crippen LogP contribution in [-0.2, 0) is 9.59 Å². The van der Waals surface area contributed by atoms with Gasteiger partial charge in [-0.05, 0) is 12.8 Å². The molecule has 0 aromatic rings. The van der Waals surface area contributed by atoms with Gasteiger partial charge in [-0.25, -0.2) is 0 Å². The number of nitrogens with zero attached hydrogens (tertiary/aromatic N) is 1. The summed E-state index contributed by atoms with van der Waals surface area (Å²) < 4.78 is 0. The van der Waals surface area contributed by atoms with Crippen LogP contribution in [0.3, 0.4) is 0 Å². The third-order valence-electron chi connectivity index (χ3n) is 2.75. The Morgan fingerprint density at radius 3 is 3.00 bits per heavy atom. The molecule has 11 heavy (non-hydrogen) atoms. The van der Waals surface area contributed by atoms with Crippen LogP contribution < -0.4 is 0 Å². The summed E-state index contributed by atoms with van der Waals surface area (Å²) in [6, 6.07) is 0.250. The molecule has 2 heterocycles. The number of amides is 1.